The summed E-state index contributed by atoms with van der Waals surface area (Å²) in [5.74, 6) is 1.43. The molecular formula is C19H16ClN7. The summed E-state index contributed by atoms with van der Waals surface area (Å²) >= 11 is 6.00. The summed E-state index contributed by atoms with van der Waals surface area (Å²) in [6.07, 6.45) is 6.69. The molecule has 0 radical (unpaired) electrons. The fourth-order valence-electron chi connectivity index (χ4n) is 2.63. The number of anilines is 1. The van der Waals surface area contributed by atoms with Crippen molar-refractivity contribution in [2.45, 2.75) is 13.8 Å². The van der Waals surface area contributed by atoms with Gasteiger partial charge in [0.25, 0.3) is 0 Å². The van der Waals surface area contributed by atoms with E-state index in [1.54, 1.807) is 30.9 Å². The minimum atomic E-state index is 0.613. The van der Waals surface area contributed by atoms with E-state index in [4.69, 9.17) is 11.6 Å². The lowest BCUT2D eigenvalue weighted by atomic mass is 10.2. The number of imidazole rings is 1. The Morgan fingerprint density at radius 3 is 2.70 bits per heavy atom. The van der Waals surface area contributed by atoms with Gasteiger partial charge in [0.15, 0.2) is 5.82 Å². The predicted octanol–water partition coefficient (Wildman–Crippen LogP) is 3.93. The molecule has 0 amide bonds. The molecule has 0 atom stereocenters. The number of rotatable bonds is 4. The molecule has 0 aliphatic heterocycles. The first kappa shape index (κ1) is 17.1. The van der Waals surface area contributed by atoms with Gasteiger partial charge in [0, 0.05) is 27.9 Å². The quantitative estimate of drug-likeness (QED) is 0.430. The summed E-state index contributed by atoms with van der Waals surface area (Å²) in [5.41, 5.74) is 6.63. The second-order valence-electron chi connectivity index (χ2n) is 5.99. The van der Waals surface area contributed by atoms with Gasteiger partial charge in [-0.2, -0.15) is 5.10 Å². The normalized spacial score (nSPS) is 11.4. The number of halogens is 1. The lowest BCUT2D eigenvalue weighted by Crippen LogP contribution is -2.00. The molecule has 4 rings (SSSR count). The van der Waals surface area contributed by atoms with Crippen LogP contribution in [0, 0.1) is 13.8 Å². The van der Waals surface area contributed by atoms with E-state index in [0.29, 0.717) is 10.8 Å². The maximum absolute atomic E-state index is 6.00. The molecule has 27 heavy (non-hydrogen) atoms. The number of aryl methyl sites for hydroxylation is 1. The van der Waals surface area contributed by atoms with Crippen LogP contribution in [-0.4, -0.2) is 30.7 Å². The van der Waals surface area contributed by atoms with Crippen molar-refractivity contribution in [3.8, 4) is 5.82 Å². The van der Waals surface area contributed by atoms with Crippen LogP contribution >= 0.6 is 11.6 Å². The number of nitrogens with zero attached hydrogens (tertiary/aromatic N) is 6. The highest BCUT2D eigenvalue weighted by Gasteiger charge is 2.05. The molecule has 3 aromatic heterocycles. The van der Waals surface area contributed by atoms with Crippen molar-refractivity contribution in [2.24, 2.45) is 5.10 Å². The van der Waals surface area contributed by atoms with Gasteiger partial charge in [0.05, 0.1) is 17.4 Å². The minimum absolute atomic E-state index is 0.613. The van der Waals surface area contributed by atoms with Gasteiger partial charge in [0.2, 0.25) is 0 Å². The van der Waals surface area contributed by atoms with E-state index in [-0.39, 0.29) is 0 Å². The summed E-state index contributed by atoms with van der Waals surface area (Å²) in [6.45, 7) is 3.99. The third-order valence-electron chi connectivity index (χ3n) is 4.25. The van der Waals surface area contributed by atoms with Gasteiger partial charge >= 0.3 is 0 Å². The first-order valence-electron chi connectivity index (χ1n) is 8.28. The summed E-state index contributed by atoms with van der Waals surface area (Å²) in [4.78, 5) is 17.2. The van der Waals surface area contributed by atoms with Crippen LogP contribution in [0.15, 0.2) is 54.3 Å². The van der Waals surface area contributed by atoms with Crippen molar-refractivity contribution in [3.05, 3.63) is 71.2 Å². The molecule has 0 aliphatic rings. The van der Waals surface area contributed by atoms with E-state index in [0.717, 1.165) is 33.7 Å². The number of hydrazone groups is 1. The van der Waals surface area contributed by atoms with Crippen LogP contribution in [0.5, 0.6) is 0 Å². The average molecular weight is 378 g/mol. The van der Waals surface area contributed by atoms with Crippen molar-refractivity contribution >= 4 is 34.5 Å². The van der Waals surface area contributed by atoms with Crippen LogP contribution in [0.4, 0.5) is 5.82 Å². The van der Waals surface area contributed by atoms with E-state index in [1.807, 2.05) is 36.6 Å². The summed E-state index contributed by atoms with van der Waals surface area (Å²) in [7, 11) is 0. The molecule has 0 fully saturated rings. The number of benzene rings is 1. The van der Waals surface area contributed by atoms with Crippen molar-refractivity contribution in [1.82, 2.24) is 24.5 Å². The standard InChI is InChI=1S/C19H16ClN7/c1-12-13(2)27(11-24-12)18-6-3-14(8-21-18)9-25-26-19-16-5-4-15(20)7-17(16)22-10-23-19/h3-11H,1-2H3,(H,22,23,26). The smallest absolute Gasteiger partial charge is 0.157 e. The van der Waals surface area contributed by atoms with Crippen molar-refractivity contribution in [2.75, 3.05) is 5.43 Å². The number of fused-ring (bicyclic) bond motifs is 1. The average Bonchev–Trinajstić information content (AvgIpc) is 3.01. The molecule has 0 saturated heterocycles. The molecule has 134 valence electrons. The third kappa shape index (κ3) is 3.50. The van der Waals surface area contributed by atoms with Crippen LogP contribution in [0.3, 0.4) is 0 Å². The fourth-order valence-corrected chi connectivity index (χ4v) is 2.80. The summed E-state index contributed by atoms with van der Waals surface area (Å²) in [6, 6.07) is 9.32. The van der Waals surface area contributed by atoms with Gasteiger partial charge in [-0.25, -0.2) is 19.9 Å². The largest absolute Gasteiger partial charge is 0.287 e. The van der Waals surface area contributed by atoms with Crippen molar-refractivity contribution < 1.29 is 0 Å². The molecule has 8 heteroatoms. The maximum Gasteiger partial charge on any atom is 0.157 e. The van der Waals surface area contributed by atoms with Crippen molar-refractivity contribution in [1.29, 1.82) is 0 Å². The van der Waals surface area contributed by atoms with Gasteiger partial charge in [-0.15, -0.1) is 0 Å². The molecule has 1 N–H and O–H groups in total. The molecule has 7 nitrogen and oxygen atoms in total. The molecule has 1 aromatic carbocycles. The summed E-state index contributed by atoms with van der Waals surface area (Å²) in [5, 5.41) is 5.73. The Bertz CT molecular complexity index is 1130. The topological polar surface area (TPSA) is 80.9 Å². The van der Waals surface area contributed by atoms with E-state index in [2.05, 4.69) is 30.5 Å². The van der Waals surface area contributed by atoms with Crippen LogP contribution < -0.4 is 5.43 Å². The van der Waals surface area contributed by atoms with E-state index >= 15 is 0 Å². The first-order valence-corrected chi connectivity index (χ1v) is 8.66. The molecule has 0 bridgehead atoms. The Balaban J connectivity index is 1.51. The minimum Gasteiger partial charge on any atom is -0.287 e. The molecule has 0 spiro atoms. The van der Waals surface area contributed by atoms with Gasteiger partial charge < -0.3 is 0 Å². The molecule has 0 saturated carbocycles. The Morgan fingerprint density at radius 2 is 1.96 bits per heavy atom. The second kappa shape index (κ2) is 7.13. The Labute approximate surface area is 160 Å². The van der Waals surface area contributed by atoms with E-state index < -0.39 is 0 Å². The zero-order valence-corrected chi connectivity index (χ0v) is 15.5. The van der Waals surface area contributed by atoms with Gasteiger partial charge in [-0.1, -0.05) is 11.6 Å². The zero-order valence-electron chi connectivity index (χ0n) is 14.8. The first-order chi connectivity index (χ1) is 13.1. The van der Waals surface area contributed by atoms with Gasteiger partial charge in [0.1, 0.15) is 18.5 Å². The SMILES string of the molecule is Cc1ncn(-c2ccc(C=NNc3ncnc4cc(Cl)ccc34)cn2)c1C. The predicted molar refractivity (Wildman–Crippen MR) is 107 cm³/mol. The number of nitrogens with one attached hydrogen (secondary N) is 1. The Morgan fingerprint density at radius 1 is 1.07 bits per heavy atom. The second-order valence-corrected chi connectivity index (χ2v) is 6.43. The monoisotopic (exact) mass is 377 g/mol. The molecular weight excluding hydrogens is 362 g/mol. The Hall–Kier alpha value is -3.32. The van der Waals surface area contributed by atoms with Crippen molar-refractivity contribution in [3.63, 3.8) is 0 Å². The fraction of sp³-hybridized carbons (Fsp3) is 0.105. The van der Waals surface area contributed by atoms with Crippen LogP contribution in [0.25, 0.3) is 16.7 Å². The van der Waals surface area contributed by atoms with E-state index in [1.165, 1.54) is 6.33 Å². The molecule has 3 heterocycles. The lowest BCUT2D eigenvalue weighted by molar-refractivity contribution is 0.950. The van der Waals surface area contributed by atoms with E-state index in [9.17, 15) is 0 Å². The van der Waals surface area contributed by atoms with Crippen LogP contribution in [-0.2, 0) is 0 Å². The molecule has 4 aromatic rings. The highest BCUT2D eigenvalue weighted by Crippen LogP contribution is 2.22. The highest BCUT2D eigenvalue weighted by molar-refractivity contribution is 6.31. The summed E-state index contributed by atoms with van der Waals surface area (Å²) < 4.78 is 1.95. The third-order valence-corrected chi connectivity index (χ3v) is 4.49. The molecule has 0 unspecified atom stereocenters. The Kier molecular flexibility index (Phi) is 4.52. The maximum atomic E-state index is 6.00. The number of aromatic nitrogens is 5. The highest BCUT2D eigenvalue weighted by atomic mass is 35.5. The number of hydrogen-bond donors (Lipinski definition) is 1. The van der Waals surface area contributed by atoms with Crippen LogP contribution in [0.2, 0.25) is 5.02 Å². The van der Waals surface area contributed by atoms with Gasteiger partial charge in [-0.05, 0) is 44.2 Å². The number of pyridine rings is 1. The zero-order chi connectivity index (χ0) is 18.8. The van der Waals surface area contributed by atoms with Gasteiger partial charge in [-0.3, -0.25) is 9.99 Å². The lowest BCUT2D eigenvalue weighted by Gasteiger charge is -2.05. The van der Waals surface area contributed by atoms with Crippen LogP contribution in [0.1, 0.15) is 17.0 Å². The molecule has 0 aliphatic carbocycles. The number of hydrogen-bond acceptors (Lipinski definition) is 6.